The van der Waals surface area contributed by atoms with E-state index in [1.54, 1.807) is 7.05 Å². The molecular weight excluding hydrogens is 339 g/mol. The molecule has 0 spiro atoms. The van der Waals surface area contributed by atoms with Crippen LogP contribution in [0.1, 0.15) is 16.1 Å². The van der Waals surface area contributed by atoms with Crippen LogP contribution >= 0.6 is 15.9 Å². The van der Waals surface area contributed by atoms with Gasteiger partial charge in [-0.1, -0.05) is 0 Å². The van der Waals surface area contributed by atoms with Gasteiger partial charge in [0.05, 0.1) is 16.2 Å². The van der Waals surface area contributed by atoms with Gasteiger partial charge in [-0.15, -0.1) is 0 Å². The van der Waals surface area contributed by atoms with Gasteiger partial charge in [0.25, 0.3) is 5.91 Å². The van der Waals surface area contributed by atoms with Gasteiger partial charge in [0.15, 0.2) is 0 Å². The highest BCUT2D eigenvalue weighted by Crippen LogP contribution is 2.30. The van der Waals surface area contributed by atoms with Gasteiger partial charge in [0.1, 0.15) is 5.69 Å². The van der Waals surface area contributed by atoms with Crippen LogP contribution in [0.2, 0.25) is 0 Å². The average Bonchev–Trinajstić information content (AvgIpc) is 2.68. The van der Waals surface area contributed by atoms with Gasteiger partial charge in [0.2, 0.25) is 0 Å². The van der Waals surface area contributed by atoms with Gasteiger partial charge >= 0.3 is 6.18 Å². The Bertz CT molecular complexity index is 615. The van der Waals surface area contributed by atoms with E-state index < -0.39 is 17.6 Å². The first-order valence-electron chi connectivity index (χ1n) is 5.45. The Morgan fingerprint density at radius 2 is 1.90 bits per heavy atom. The minimum Gasteiger partial charge on any atom is -0.321 e. The predicted octanol–water partition coefficient (Wildman–Crippen LogP) is 3.45. The summed E-state index contributed by atoms with van der Waals surface area (Å²) in [6.45, 7) is 0. The maximum Gasteiger partial charge on any atom is 0.416 e. The Hall–Kier alpha value is -1.83. The summed E-state index contributed by atoms with van der Waals surface area (Å²) in [4.78, 5) is 12.0. The Morgan fingerprint density at radius 3 is 2.35 bits per heavy atom. The Balaban J connectivity index is 2.17. The predicted molar refractivity (Wildman–Crippen MR) is 70.3 cm³/mol. The van der Waals surface area contributed by atoms with Crippen molar-refractivity contribution in [3.05, 3.63) is 46.2 Å². The van der Waals surface area contributed by atoms with Gasteiger partial charge in [-0.2, -0.15) is 18.3 Å². The molecule has 0 aliphatic carbocycles. The first-order valence-corrected chi connectivity index (χ1v) is 6.24. The number of aryl methyl sites for hydroxylation is 1. The SMILES string of the molecule is Cn1ncc(Br)c1C(=O)Nc1ccc(C(F)(F)F)cc1. The van der Waals surface area contributed by atoms with Gasteiger partial charge in [-0.05, 0) is 40.2 Å². The highest BCUT2D eigenvalue weighted by atomic mass is 79.9. The molecule has 0 aliphatic heterocycles. The van der Waals surface area contributed by atoms with Crippen molar-refractivity contribution in [2.24, 2.45) is 7.05 Å². The van der Waals surface area contributed by atoms with Crippen LogP contribution in [0.4, 0.5) is 18.9 Å². The average molecular weight is 348 g/mol. The Labute approximate surface area is 120 Å². The number of benzene rings is 1. The molecule has 2 aromatic rings. The van der Waals surface area contributed by atoms with Crippen LogP contribution in [-0.2, 0) is 13.2 Å². The van der Waals surface area contributed by atoms with E-state index in [1.165, 1.54) is 23.0 Å². The van der Waals surface area contributed by atoms with Crippen molar-refractivity contribution in [1.29, 1.82) is 0 Å². The first-order chi connectivity index (χ1) is 9.29. The molecule has 20 heavy (non-hydrogen) atoms. The van der Waals surface area contributed by atoms with E-state index in [2.05, 4.69) is 26.3 Å². The Morgan fingerprint density at radius 1 is 1.30 bits per heavy atom. The quantitative estimate of drug-likeness (QED) is 0.904. The molecule has 2 rings (SSSR count). The van der Waals surface area contributed by atoms with E-state index >= 15 is 0 Å². The maximum atomic E-state index is 12.4. The molecule has 106 valence electrons. The molecule has 0 unspecified atom stereocenters. The van der Waals surface area contributed by atoms with E-state index in [1.807, 2.05) is 0 Å². The number of amides is 1. The number of alkyl halides is 3. The highest BCUT2D eigenvalue weighted by Gasteiger charge is 2.30. The summed E-state index contributed by atoms with van der Waals surface area (Å²) in [5.74, 6) is -0.461. The number of rotatable bonds is 2. The van der Waals surface area contributed by atoms with Gasteiger partial charge in [-0.3, -0.25) is 9.48 Å². The van der Waals surface area contributed by atoms with Crippen LogP contribution < -0.4 is 5.32 Å². The molecule has 1 N–H and O–H groups in total. The highest BCUT2D eigenvalue weighted by molar-refractivity contribution is 9.10. The standard InChI is InChI=1S/C12H9BrF3N3O/c1-19-10(9(13)6-17-19)11(20)18-8-4-2-7(3-5-8)12(14,15)16/h2-6H,1H3,(H,18,20). The fourth-order valence-electron chi connectivity index (χ4n) is 1.60. The topological polar surface area (TPSA) is 46.9 Å². The third kappa shape index (κ3) is 3.01. The van der Waals surface area contributed by atoms with Gasteiger partial charge in [-0.25, -0.2) is 0 Å². The van der Waals surface area contributed by atoms with Crippen LogP contribution in [0.3, 0.4) is 0 Å². The molecule has 1 aromatic carbocycles. The maximum absolute atomic E-state index is 12.4. The van der Waals surface area contributed by atoms with Crippen LogP contribution in [0, 0.1) is 0 Å². The number of carbonyl (C=O) groups is 1. The fourth-order valence-corrected chi connectivity index (χ4v) is 2.13. The molecule has 1 heterocycles. The second-order valence-electron chi connectivity index (χ2n) is 3.99. The second kappa shape index (κ2) is 5.28. The number of anilines is 1. The molecule has 0 fully saturated rings. The molecule has 1 aromatic heterocycles. The summed E-state index contributed by atoms with van der Waals surface area (Å²) in [7, 11) is 1.59. The monoisotopic (exact) mass is 347 g/mol. The van der Waals surface area contributed by atoms with Crippen molar-refractivity contribution in [1.82, 2.24) is 9.78 Å². The molecule has 1 amide bonds. The largest absolute Gasteiger partial charge is 0.416 e. The van der Waals surface area contributed by atoms with Gasteiger partial charge in [0, 0.05) is 12.7 Å². The third-order valence-electron chi connectivity index (χ3n) is 2.58. The number of aromatic nitrogens is 2. The van der Waals surface area contributed by atoms with Crippen LogP contribution in [0.15, 0.2) is 34.9 Å². The molecule has 0 aliphatic rings. The summed E-state index contributed by atoms with van der Waals surface area (Å²) < 4.78 is 39.1. The van der Waals surface area contributed by atoms with Crippen molar-refractivity contribution < 1.29 is 18.0 Å². The lowest BCUT2D eigenvalue weighted by Crippen LogP contribution is -2.16. The molecule has 0 bridgehead atoms. The molecule has 8 heteroatoms. The first kappa shape index (κ1) is 14.6. The zero-order chi connectivity index (χ0) is 14.9. The molecule has 0 atom stereocenters. The fraction of sp³-hybridized carbons (Fsp3) is 0.167. The van der Waals surface area contributed by atoms with Crippen molar-refractivity contribution in [2.45, 2.75) is 6.18 Å². The van der Waals surface area contributed by atoms with Crippen LogP contribution in [0.5, 0.6) is 0 Å². The summed E-state index contributed by atoms with van der Waals surface area (Å²) >= 11 is 3.18. The Kier molecular flexibility index (Phi) is 3.85. The molecule has 4 nitrogen and oxygen atoms in total. The number of hydrogen-bond acceptors (Lipinski definition) is 2. The summed E-state index contributed by atoms with van der Waals surface area (Å²) in [5.41, 5.74) is -0.210. The van der Waals surface area contributed by atoms with E-state index in [0.717, 1.165) is 12.1 Å². The molecule has 0 saturated heterocycles. The number of nitrogens with one attached hydrogen (secondary N) is 1. The normalized spacial score (nSPS) is 11.4. The number of carbonyl (C=O) groups excluding carboxylic acids is 1. The van der Waals surface area contributed by atoms with Crippen LogP contribution in [-0.4, -0.2) is 15.7 Å². The van der Waals surface area contributed by atoms with E-state index in [4.69, 9.17) is 0 Å². The number of halogens is 4. The summed E-state index contributed by atoms with van der Waals surface area (Å²) in [6.07, 6.45) is -2.94. The molecular formula is C12H9BrF3N3O. The minimum absolute atomic E-state index is 0.274. The van der Waals surface area contributed by atoms with Crippen molar-refractivity contribution in [3.8, 4) is 0 Å². The zero-order valence-corrected chi connectivity index (χ0v) is 11.8. The number of nitrogens with zero attached hydrogens (tertiary/aromatic N) is 2. The lowest BCUT2D eigenvalue weighted by Gasteiger charge is -2.09. The van der Waals surface area contributed by atoms with Crippen LogP contribution in [0.25, 0.3) is 0 Å². The second-order valence-corrected chi connectivity index (χ2v) is 4.85. The summed E-state index contributed by atoms with van der Waals surface area (Å²) in [5, 5.41) is 6.39. The van der Waals surface area contributed by atoms with Crippen molar-refractivity contribution in [3.63, 3.8) is 0 Å². The zero-order valence-electron chi connectivity index (χ0n) is 10.2. The summed E-state index contributed by atoms with van der Waals surface area (Å²) in [6, 6.07) is 4.22. The van der Waals surface area contributed by atoms with Crippen molar-refractivity contribution in [2.75, 3.05) is 5.32 Å². The third-order valence-corrected chi connectivity index (χ3v) is 3.16. The van der Waals surface area contributed by atoms with E-state index in [0.29, 0.717) is 4.47 Å². The van der Waals surface area contributed by atoms with Gasteiger partial charge < -0.3 is 5.32 Å². The lowest BCUT2D eigenvalue weighted by atomic mass is 10.2. The van der Waals surface area contributed by atoms with E-state index in [-0.39, 0.29) is 11.4 Å². The number of hydrogen-bond donors (Lipinski definition) is 1. The molecule has 0 radical (unpaired) electrons. The smallest absolute Gasteiger partial charge is 0.321 e. The molecule has 0 saturated carbocycles. The minimum atomic E-state index is -4.40. The lowest BCUT2D eigenvalue weighted by molar-refractivity contribution is -0.137. The van der Waals surface area contributed by atoms with Crippen molar-refractivity contribution >= 4 is 27.5 Å². The van der Waals surface area contributed by atoms with E-state index in [9.17, 15) is 18.0 Å².